The van der Waals surface area contributed by atoms with Crippen LogP contribution in [-0.4, -0.2) is 20.5 Å². The van der Waals surface area contributed by atoms with Crippen molar-refractivity contribution >= 4 is 11.8 Å². The summed E-state index contributed by atoms with van der Waals surface area (Å²) in [6.07, 6.45) is 1.60. The highest BCUT2D eigenvalue weighted by molar-refractivity contribution is 7.99. The summed E-state index contributed by atoms with van der Waals surface area (Å²) in [5.41, 5.74) is 2.63. The number of aryl methyl sites for hydroxylation is 3. The lowest BCUT2D eigenvalue weighted by Gasteiger charge is -2.05. The zero-order valence-corrected chi connectivity index (χ0v) is 11.2. The molecule has 0 saturated heterocycles. The molecule has 1 heterocycles. The predicted molar refractivity (Wildman–Crippen MR) is 71.4 cm³/mol. The fourth-order valence-corrected chi connectivity index (χ4v) is 2.45. The van der Waals surface area contributed by atoms with Crippen LogP contribution in [0.4, 0.5) is 0 Å². The second-order valence-electron chi connectivity index (χ2n) is 4.04. The van der Waals surface area contributed by atoms with E-state index in [0.717, 1.165) is 12.3 Å². The number of thioether (sulfide) groups is 1. The molecular formula is C13H14N4S. The third-order valence-electron chi connectivity index (χ3n) is 2.70. The first-order valence-electron chi connectivity index (χ1n) is 5.68. The van der Waals surface area contributed by atoms with Crippen molar-refractivity contribution in [1.29, 1.82) is 5.26 Å². The van der Waals surface area contributed by atoms with Gasteiger partial charge in [0, 0.05) is 10.6 Å². The van der Waals surface area contributed by atoms with E-state index < -0.39 is 0 Å². The van der Waals surface area contributed by atoms with Crippen molar-refractivity contribution in [3.05, 3.63) is 41.5 Å². The third-order valence-corrected chi connectivity index (χ3v) is 3.68. The van der Waals surface area contributed by atoms with Gasteiger partial charge >= 0.3 is 0 Å². The molecule has 0 radical (unpaired) electrons. The van der Waals surface area contributed by atoms with Gasteiger partial charge in [0.15, 0.2) is 0 Å². The highest BCUT2D eigenvalue weighted by Gasteiger charge is 2.00. The quantitative estimate of drug-likeness (QED) is 0.791. The number of aromatic nitrogens is 3. The van der Waals surface area contributed by atoms with Crippen LogP contribution >= 0.6 is 11.8 Å². The molecule has 0 N–H and O–H groups in total. The summed E-state index contributed by atoms with van der Waals surface area (Å²) in [5.74, 6) is 1.14. The Morgan fingerprint density at radius 1 is 1.33 bits per heavy atom. The molecule has 0 amide bonds. The van der Waals surface area contributed by atoms with Crippen LogP contribution in [0, 0.1) is 25.2 Å². The van der Waals surface area contributed by atoms with Crippen LogP contribution in [0.15, 0.2) is 29.4 Å². The molecule has 1 aromatic heterocycles. The van der Waals surface area contributed by atoms with Crippen molar-refractivity contribution in [1.82, 2.24) is 14.8 Å². The van der Waals surface area contributed by atoms with Crippen molar-refractivity contribution in [3.8, 4) is 6.07 Å². The summed E-state index contributed by atoms with van der Waals surface area (Å²) in [5, 5.41) is 12.6. The van der Waals surface area contributed by atoms with E-state index in [4.69, 9.17) is 5.26 Å². The monoisotopic (exact) mass is 258 g/mol. The predicted octanol–water partition coefficient (Wildman–Crippen LogP) is 2.56. The average Bonchev–Trinajstić information content (AvgIpc) is 2.82. The summed E-state index contributed by atoms with van der Waals surface area (Å²) in [4.78, 5) is 5.13. The largest absolute Gasteiger partial charge is 0.252 e. The van der Waals surface area contributed by atoms with Gasteiger partial charge in [-0.2, -0.15) is 5.26 Å². The molecule has 18 heavy (non-hydrogen) atoms. The SMILES string of the molecule is Cc1ccc(SCCn2cnc(C#N)n2)cc1C. The molecule has 92 valence electrons. The van der Waals surface area contributed by atoms with E-state index in [2.05, 4.69) is 42.1 Å². The Balaban J connectivity index is 1.88. The molecule has 2 rings (SSSR count). The van der Waals surface area contributed by atoms with Crippen molar-refractivity contribution in [3.63, 3.8) is 0 Å². The first-order valence-corrected chi connectivity index (χ1v) is 6.67. The van der Waals surface area contributed by atoms with Crippen molar-refractivity contribution in [2.45, 2.75) is 25.3 Å². The maximum Gasteiger partial charge on any atom is 0.252 e. The van der Waals surface area contributed by atoms with Gasteiger partial charge in [0.05, 0.1) is 6.54 Å². The fourth-order valence-electron chi connectivity index (χ4n) is 1.51. The van der Waals surface area contributed by atoms with Crippen LogP contribution in [0.1, 0.15) is 17.0 Å². The van der Waals surface area contributed by atoms with Gasteiger partial charge in [0.25, 0.3) is 5.82 Å². The first kappa shape index (κ1) is 12.7. The molecule has 0 unspecified atom stereocenters. The summed E-state index contributed by atoms with van der Waals surface area (Å²) in [6, 6.07) is 8.39. The Bertz CT molecular complexity index is 583. The Kier molecular flexibility index (Phi) is 4.00. The second-order valence-corrected chi connectivity index (χ2v) is 5.21. The van der Waals surface area contributed by atoms with Crippen LogP contribution in [0.3, 0.4) is 0 Å². The average molecular weight is 258 g/mol. The van der Waals surface area contributed by atoms with Gasteiger partial charge in [-0.15, -0.1) is 16.9 Å². The Labute approximate surface area is 111 Å². The van der Waals surface area contributed by atoms with Crippen LogP contribution in [0.2, 0.25) is 0 Å². The summed E-state index contributed by atoms with van der Waals surface area (Å²) < 4.78 is 1.70. The van der Waals surface area contributed by atoms with Gasteiger partial charge in [-0.25, -0.2) is 4.98 Å². The molecular weight excluding hydrogens is 244 g/mol. The number of benzene rings is 1. The van der Waals surface area contributed by atoms with Crippen LogP contribution in [0.25, 0.3) is 0 Å². The van der Waals surface area contributed by atoms with Gasteiger partial charge in [0.1, 0.15) is 12.4 Å². The van der Waals surface area contributed by atoms with E-state index in [-0.39, 0.29) is 5.82 Å². The molecule has 0 aliphatic rings. The van der Waals surface area contributed by atoms with E-state index in [0.29, 0.717) is 0 Å². The number of nitrogens with zero attached hydrogens (tertiary/aromatic N) is 4. The highest BCUT2D eigenvalue weighted by Crippen LogP contribution is 2.21. The van der Waals surface area contributed by atoms with E-state index in [1.165, 1.54) is 16.0 Å². The Morgan fingerprint density at radius 3 is 2.83 bits per heavy atom. The first-order chi connectivity index (χ1) is 8.69. The highest BCUT2D eigenvalue weighted by atomic mass is 32.2. The minimum absolute atomic E-state index is 0.228. The molecule has 0 aliphatic heterocycles. The van der Waals surface area contributed by atoms with Crippen LogP contribution in [-0.2, 0) is 6.54 Å². The van der Waals surface area contributed by atoms with E-state index in [9.17, 15) is 0 Å². The molecule has 0 aliphatic carbocycles. The topological polar surface area (TPSA) is 54.5 Å². The maximum atomic E-state index is 8.62. The number of rotatable bonds is 4. The summed E-state index contributed by atoms with van der Waals surface area (Å²) >= 11 is 1.78. The number of hydrogen-bond acceptors (Lipinski definition) is 4. The Hall–Kier alpha value is -1.80. The molecule has 0 saturated carbocycles. The molecule has 1 aromatic carbocycles. The number of hydrogen-bond donors (Lipinski definition) is 0. The smallest absolute Gasteiger partial charge is 0.251 e. The summed E-state index contributed by atoms with van der Waals surface area (Å²) in [7, 11) is 0. The Morgan fingerprint density at radius 2 is 2.17 bits per heavy atom. The van der Waals surface area contributed by atoms with Gasteiger partial charge in [-0.05, 0) is 37.1 Å². The molecule has 0 spiro atoms. The van der Waals surface area contributed by atoms with Crippen molar-refractivity contribution in [2.75, 3.05) is 5.75 Å². The molecule has 4 nitrogen and oxygen atoms in total. The lowest BCUT2D eigenvalue weighted by Crippen LogP contribution is -2.01. The number of nitriles is 1. The van der Waals surface area contributed by atoms with Gasteiger partial charge in [-0.3, -0.25) is 4.68 Å². The van der Waals surface area contributed by atoms with Gasteiger partial charge in [-0.1, -0.05) is 6.07 Å². The van der Waals surface area contributed by atoms with E-state index in [1.54, 1.807) is 22.8 Å². The zero-order valence-electron chi connectivity index (χ0n) is 10.4. The van der Waals surface area contributed by atoms with Gasteiger partial charge < -0.3 is 0 Å². The lowest BCUT2D eigenvalue weighted by molar-refractivity contribution is 0.662. The minimum Gasteiger partial charge on any atom is -0.251 e. The second kappa shape index (κ2) is 5.69. The normalized spacial score (nSPS) is 10.3. The van der Waals surface area contributed by atoms with Crippen LogP contribution in [0.5, 0.6) is 0 Å². The third kappa shape index (κ3) is 3.11. The lowest BCUT2D eigenvalue weighted by atomic mass is 10.1. The molecule has 0 bridgehead atoms. The van der Waals surface area contributed by atoms with E-state index in [1.807, 2.05) is 6.07 Å². The minimum atomic E-state index is 0.228. The summed E-state index contributed by atoms with van der Waals surface area (Å²) in [6.45, 7) is 4.99. The van der Waals surface area contributed by atoms with Crippen LogP contribution < -0.4 is 0 Å². The van der Waals surface area contributed by atoms with E-state index >= 15 is 0 Å². The van der Waals surface area contributed by atoms with Crippen molar-refractivity contribution < 1.29 is 0 Å². The van der Waals surface area contributed by atoms with Crippen molar-refractivity contribution in [2.24, 2.45) is 0 Å². The standard InChI is InChI=1S/C13H14N4S/c1-10-3-4-12(7-11(10)2)18-6-5-17-9-15-13(8-14)16-17/h3-4,7,9H,5-6H2,1-2H3. The molecule has 2 aromatic rings. The maximum absolute atomic E-state index is 8.62. The fraction of sp³-hybridized carbons (Fsp3) is 0.308. The molecule has 5 heteroatoms. The van der Waals surface area contributed by atoms with Gasteiger partial charge in [0.2, 0.25) is 0 Å². The molecule has 0 atom stereocenters. The molecule has 0 fully saturated rings. The zero-order chi connectivity index (χ0) is 13.0.